The maximum Gasteiger partial charge on any atom is 0.247 e. The van der Waals surface area contributed by atoms with Gasteiger partial charge in [-0.2, -0.15) is 4.31 Å². The fraction of sp³-hybridized carbons (Fsp3) is 0.308. The fourth-order valence-corrected chi connectivity index (χ4v) is 7.11. The number of methoxy groups -OCH3 is 1. The van der Waals surface area contributed by atoms with Crippen LogP contribution in [0.3, 0.4) is 0 Å². The lowest BCUT2D eigenvalue weighted by atomic mass is 10.2. The van der Waals surface area contributed by atoms with Gasteiger partial charge in [-0.3, -0.25) is 9.69 Å². The number of aryl methyl sites for hydroxylation is 1. The molecule has 3 heterocycles. The molecule has 8 nitrogen and oxygen atoms in total. The number of carbonyl (C=O) groups is 1. The SMILES string of the molecule is CCc1ccc2nc(N(Cc3ccco3)C(=O)C3CCCN3S(=O)(=O)c3ccc(OC)cc3)sc2c1. The Morgan fingerprint density at radius 3 is 2.72 bits per heavy atom. The minimum atomic E-state index is -3.88. The van der Waals surface area contributed by atoms with Crippen molar-refractivity contribution in [2.75, 3.05) is 18.6 Å². The van der Waals surface area contributed by atoms with E-state index >= 15 is 0 Å². The minimum absolute atomic E-state index is 0.132. The van der Waals surface area contributed by atoms with Crippen LogP contribution in [0.4, 0.5) is 5.13 Å². The molecular weight excluding hydrogens is 498 g/mol. The second-order valence-electron chi connectivity index (χ2n) is 8.61. The third-order valence-corrected chi connectivity index (χ3v) is 9.36. The zero-order valence-corrected chi connectivity index (χ0v) is 21.7. The van der Waals surface area contributed by atoms with Gasteiger partial charge in [0.05, 0.1) is 35.0 Å². The quantitative estimate of drug-likeness (QED) is 0.327. The number of aromatic nitrogens is 1. The van der Waals surface area contributed by atoms with Crippen LogP contribution in [0.25, 0.3) is 10.2 Å². The van der Waals surface area contributed by atoms with Crippen LogP contribution < -0.4 is 9.64 Å². The van der Waals surface area contributed by atoms with Crippen molar-refractivity contribution < 1.29 is 22.4 Å². The standard InChI is InChI=1S/C26H27N3O5S2/c1-3-18-8-13-22-24(16-18)35-26(27-22)28(17-20-6-5-15-34-20)25(30)23-7-4-14-29(23)36(31,32)21-11-9-19(33-2)10-12-21/h5-6,8-13,15-16,23H,3-4,7,14,17H2,1-2H3. The maximum atomic E-state index is 14.0. The summed E-state index contributed by atoms with van der Waals surface area (Å²) in [5.41, 5.74) is 1.99. The molecule has 1 atom stereocenters. The molecule has 1 saturated heterocycles. The van der Waals surface area contributed by atoms with Gasteiger partial charge >= 0.3 is 0 Å². The van der Waals surface area contributed by atoms with Crippen molar-refractivity contribution in [3.05, 3.63) is 72.2 Å². The molecule has 5 rings (SSSR count). The van der Waals surface area contributed by atoms with Crippen LogP contribution >= 0.6 is 11.3 Å². The predicted octanol–water partition coefficient (Wildman–Crippen LogP) is 4.85. The highest BCUT2D eigenvalue weighted by atomic mass is 32.2. The van der Waals surface area contributed by atoms with Gasteiger partial charge in [-0.15, -0.1) is 0 Å². The van der Waals surface area contributed by atoms with E-state index in [0.717, 1.165) is 16.6 Å². The van der Waals surface area contributed by atoms with Gasteiger partial charge in [0.15, 0.2) is 5.13 Å². The molecule has 1 aliphatic heterocycles. The van der Waals surface area contributed by atoms with Crippen LogP contribution in [0, 0.1) is 0 Å². The van der Waals surface area contributed by atoms with Crippen molar-refractivity contribution in [3.8, 4) is 5.75 Å². The molecule has 0 bridgehead atoms. The van der Waals surface area contributed by atoms with Gasteiger partial charge in [0.2, 0.25) is 15.9 Å². The number of carbonyl (C=O) groups excluding carboxylic acids is 1. The molecule has 0 spiro atoms. The summed E-state index contributed by atoms with van der Waals surface area (Å²) in [5.74, 6) is 0.852. The molecule has 188 valence electrons. The Hall–Kier alpha value is -3.21. The lowest BCUT2D eigenvalue weighted by Gasteiger charge is -2.28. The Morgan fingerprint density at radius 2 is 2.03 bits per heavy atom. The number of benzene rings is 2. The lowest BCUT2D eigenvalue weighted by Crippen LogP contribution is -2.47. The molecule has 2 aromatic carbocycles. The summed E-state index contributed by atoms with van der Waals surface area (Å²) in [4.78, 5) is 20.4. The smallest absolute Gasteiger partial charge is 0.247 e. The second kappa shape index (κ2) is 10.0. The van der Waals surface area contributed by atoms with Gasteiger partial charge < -0.3 is 9.15 Å². The Balaban J connectivity index is 1.49. The van der Waals surface area contributed by atoms with E-state index in [9.17, 15) is 13.2 Å². The van der Waals surface area contributed by atoms with Gasteiger partial charge in [0, 0.05) is 6.54 Å². The maximum absolute atomic E-state index is 14.0. The van der Waals surface area contributed by atoms with Crippen LogP contribution in [0.2, 0.25) is 0 Å². The average molecular weight is 526 g/mol. The number of hydrogen-bond donors (Lipinski definition) is 0. The van der Waals surface area contributed by atoms with Gasteiger partial charge in [0.1, 0.15) is 17.6 Å². The summed E-state index contributed by atoms with van der Waals surface area (Å²) >= 11 is 1.42. The van der Waals surface area contributed by atoms with Crippen molar-refractivity contribution in [2.45, 2.75) is 43.7 Å². The topological polar surface area (TPSA) is 93.0 Å². The van der Waals surface area contributed by atoms with E-state index in [4.69, 9.17) is 14.1 Å². The monoisotopic (exact) mass is 525 g/mol. The number of furan rings is 1. The van der Waals surface area contributed by atoms with Crippen molar-refractivity contribution >= 4 is 42.6 Å². The first-order chi connectivity index (χ1) is 17.4. The summed E-state index contributed by atoms with van der Waals surface area (Å²) in [6, 6.07) is 15.0. The number of hydrogen-bond acceptors (Lipinski definition) is 7. The summed E-state index contributed by atoms with van der Waals surface area (Å²) < 4.78 is 40.0. The van der Waals surface area contributed by atoms with Crippen molar-refractivity contribution in [3.63, 3.8) is 0 Å². The van der Waals surface area contributed by atoms with Crippen molar-refractivity contribution in [1.82, 2.24) is 9.29 Å². The fourth-order valence-electron chi connectivity index (χ4n) is 4.43. The summed E-state index contributed by atoms with van der Waals surface area (Å²) in [6.45, 7) is 2.53. The number of sulfonamides is 1. The molecule has 0 saturated carbocycles. The van der Waals surface area contributed by atoms with Gasteiger partial charge in [-0.1, -0.05) is 24.3 Å². The normalized spacial score (nSPS) is 16.4. The van der Waals surface area contributed by atoms with E-state index in [2.05, 4.69) is 13.0 Å². The first-order valence-corrected chi connectivity index (χ1v) is 14.1. The second-order valence-corrected chi connectivity index (χ2v) is 11.5. The first-order valence-electron chi connectivity index (χ1n) is 11.8. The van der Waals surface area contributed by atoms with E-state index in [1.54, 1.807) is 35.4 Å². The Kier molecular flexibility index (Phi) is 6.83. The van der Waals surface area contributed by atoms with Crippen molar-refractivity contribution in [1.29, 1.82) is 0 Å². The molecule has 36 heavy (non-hydrogen) atoms. The number of amides is 1. The van der Waals surface area contributed by atoms with Gasteiger partial charge in [-0.05, 0) is 73.4 Å². The van der Waals surface area contributed by atoms with Crippen LogP contribution in [0.1, 0.15) is 31.1 Å². The molecule has 0 radical (unpaired) electrons. The molecule has 1 fully saturated rings. The molecule has 10 heteroatoms. The van der Waals surface area contributed by atoms with Crippen LogP contribution in [-0.2, 0) is 27.8 Å². The van der Waals surface area contributed by atoms with E-state index in [-0.39, 0.29) is 23.9 Å². The third-order valence-electron chi connectivity index (χ3n) is 6.40. The zero-order chi connectivity index (χ0) is 25.3. The Labute approximate surface area is 214 Å². The number of fused-ring (bicyclic) bond motifs is 1. The largest absolute Gasteiger partial charge is 0.497 e. The molecule has 1 aliphatic rings. The number of rotatable bonds is 8. The van der Waals surface area contributed by atoms with E-state index in [0.29, 0.717) is 29.5 Å². The van der Waals surface area contributed by atoms with Gasteiger partial charge in [0.25, 0.3) is 0 Å². The highest BCUT2D eigenvalue weighted by molar-refractivity contribution is 7.89. The predicted molar refractivity (Wildman–Crippen MR) is 139 cm³/mol. The van der Waals surface area contributed by atoms with E-state index in [1.165, 1.54) is 40.4 Å². The zero-order valence-electron chi connectivity index (χ0n) is 20.1. The van der Waals surface area contributed by atoms with Crippen LogP contribution in [0.5, 0.6) is 5.75 Å². The highest BCUT2D eigenvalue weighted by Gasteiger charge is 2.42. The molecule has 2 aromatic heterocycles. The summed E-state index contributed by atoms with van der Waals surface area (Å²) in [7, 11) is -2.35. The molecular formula is C26H27N3O5S2. The Bertz CT molecular complexity index is 1460. The number of nitrogens with zero attached hydrogens (tertiary/aromatic N) is 3. The molecule has 1 unspecified atom stereocenters. The highest BCUT2D eigenvalue weighted by Crippen LogP contribution is 2.34. The van der Waals surface area contributed by atoms with Crippen LogP contribution in [-0.4, -0.2) is 43.3 Å². The average Bonchev–Trinajstić information content (AvgIpc) is 3.67. The van der Waals surface area contributed by atoms with Gasteiger partial charge in [-0.25, -0.2) is 13.4 Å². The van der Waals surface area contributed by atoms with Crippen LogP contribution in [0.15, 0.2) is 70.2 Å². The molecule has 1 amide bonds. The molecule has 0 aliphatic carbocycles. The van der Waals surface area contributed by atoms with E-state index < -0.39 is 16.1 Å². The molecule has 4 aromatic rings. The van der Waals surface area contributed by atoms with Crippen molar-refractivity contribution in [2.24, 2.45) is 0 Å². The summed E-state index contributed by atoms with van der Waals surface area (Å²) in [6.07, 6.45) is 3.49. The summed E-state index contributed by atoms with van der Waals surface area (Å²) in [5, 5.41) is 0.522. The third kappa shape index (κ3) is 4.63. The number of anilines is 1. The minimum Gasteiger partial charge on any atom is -0.497 e. The Morgan fingerprint density at radius 1 is 1.22 bits per heavy atom. The lowest BCUT2D eigenvalue weighted by molar-refractivity contribution is -0.121. The number of ether oxygens (including phenoxy) is 1. The van der Waals surface area contributed by atoms with E-state index in [1.807, 2.05) is 12.1 Å². The number of thiazole rings is 1. The molecule has 0 N–H and O–H groups in total. The first kappa shape index (κ1) is 24.5.